The third kappa shape index (κ3) is 6.35. The van der Waals surface area contributed by atoms with Gasteiger partial charge < -0.3 is 19.8 Å². The minimum Gasteiger partial charge on any atom is -0.460 e. The van der Waals surface area contributed by atoms with Gasteiger partial charge in [0.25, 0.3) is 5.91 Å². The SMILES string of the molecule is CC(=O)Nc1ccc(NC(=O)COC(=O)C=Cc2cn(-c3ccccc3)nc2-c2ccc(C)o2)cc1. The van der Waals surface area contributed by atoms with Crippen molar-refractivity contribution in [3.63, 3.8) is 0 Å². The average Bonchev–Trinajstić information content (AvgIpc) is 3.49. The number of hydrogen-bond donors (Lipinski definition) is 2. The molecule has 2 amide bonds. The second-order valence-electron chi connectivity index (χ2n) is 7.87. The molecule has 9 nitrogen and oxygen atoms in total. The Morgan fingerprint density at radius 2 is 1.67 bits per heavy atom. The first kappa shape index (κ1) is 24.2. The number of benzene rings is 2. The summed E-state index contributed by atoms with van der Waals surface area (Å²) < 4.78 is 12.5. The summed E-state index contributed by atoms with van der Waals surface area (Å²) in [5.74, 6) is -0.0538. The fraction of sp³-hybridized carbons (Fsp3) is 0.111. The highest BCUT2D eigenvalue weighted by Crippen LogP contribution is 2.26. The van der Waals surface area contributed by atoms with Gasteiger partial charge in [0, 0.05) is 36.1 Å². The number of furan rings is 1. The second-order valence-corrected chi connectivity index (χ2v) is 7.87. The molecule has 182 valence electrons. The number of carbonyl (C=O) groups excluding carboxylic acids is 3. The fourth-order valence-electron chi connectivity index (χ4n) is 3.36. The molecule has 0 fully saturated rings. The number of amides is 2. The van der Waals surface area contributed by atoms with E-state index in [1.807, 2.05) is 49.4 Å². The van der Waals surface area contributed by atoms with Gasteiger partial charge in [-0.25, -0.2) is 9.48 Å². The summed E-state index contributed by atoms with van der Waals surface area (Å²) in [6.07, 6.45) is 4.59. The lowest BCUT2D eigenvalue weighted by atomic mass is 10.2. The molecule has 2 N–H and O–H groups in total. The van der Waals surface area contributed by atoms with E-state index in [-0.39, 0.29) is 5.91 Å². The third-order valence-electron chi connectivity index (χ3n) is 4.97. The summed E-state index contributed by atoms with van der Waals surface area (Å²) in [5.41, 5.74) is 3.18. The van der Waals surface area contributed by atoms with E-state index in [0.717, 1.165) is 11.4 Å². The molecule has 4 rings (SSSR count). The number of anilines is 2. The topological polar surface area (TPSA) is 115 Å². The predicted molar refractivity (Wildman–Crippen MR) is 135 cm³/mol. The fourth-order valence-corrected chi connectivity index (χ4v) is 3.36. The first-order valence-electron chi connectivity index (χ1n) is 11.1. The Bertz CT molecular complexity index is 1400. The molecule has 0 unspecified atom stereocenters. The first-order chi connectivity index (χ1) is 17.4. The van der Waals surface area contributed by atoms with Gasteiger partial charge in [-0.1, -0.05) is 18.2 Å². The van der Waals surface area contributed by atoms with Crippen molar-refractivity contribution < 1.29 is 23.5 Å². The normalized spacial score (nSPS) is 10.8. The van der Waals surface area contributed by atoms with Crippen LogP contribution >= 0.6 is 0 Å². The smallest absolute Gasteiger partial charge is 0.331 e. The summed E-state index contributed by atoms with van der Waals surface area (Å²) in [7, 11) is 0. The first-order valence-corrected chi connectivity index (χ1v) is 11.1. The Morgan fingerprint density at radius 1 is 0.972 bits per heavy atom. The highest BCUT2D eigenvalue weighted by atomic mass is 16.5. The largest absolute Gasteiger partial charge is 0.460 e. The van der Waals surface area contributed by atoms with E-state index < -0.39 is 18.5 Å². The zero-order valence-electron chi connectivity index (χ0n) is 19.7. The Balaban J connectivity index is 1.39. The molecule has 0 saturated heterocycles. The van der Waals surface area contributed by atoms with Gasteiger partial charge in [0.15, 0.2) is 12.4 Å². The quantitative estimate of drug-likeness (QED) is 0.279. The lowest BCUT2D eigenvalue weighted by Gasteiger charge is -2.07. The van der Waals surface area contributed by atoms with E-state index in [1.165, 1.54) is 13.0 Å². The number of hydrogen-bond acceptors (Lipinski definition) is 6. The predicted octanol–water partition coefficient (Wildman–Crippen LogP) is 4.59. The summed E-state index contributed by atoms with van der Waals surface area (Å²) in [5, 5.41) is 9.88. The second kappa shape index (κ2) is 11.0. The number of aromatic nitrogens is 2. The number of nitrogens with zero attached hydrogens (tertiary/aromatic N) is 2. The van der Waals surface area contributed by atoms with Crippen LogP contribution in [0.1, 0.15) is 18.2 Å². The van der Waals surface area contributed by atoms with Crippen molar-refractivity contribution in [2.24, 2.45) is 0 Å². The van der Waals surface area contributed by atoms with E-state index in [4.69, 9.17) is 9.15 Å². The molecule has 0 bridgehead atoms. The van der Waals surface area contributed by atoms with E-state index >= 15 is 0 Å². The molecule has 2 aromatic carbocycles. The van der Waals surface area contributed by atoms with Gasteiger partial charge in [-0.2, -0.15) is 5.10 Å². The Kier molecular flexibility index (Phi) is 7.40. The summed E-state index contributed by atoms with van der Waals surface area (Å²) >= 11 is 0. The van der Waals surface area contributed by atoms with Gasteiger partial charge in [0.2, 0.25) is 5.91 Å². The van der Waals surface area contributed by atoms with Crippen molar-refractivity contribution in [2.45, 2.75) is 13.8 Å². The van der Waals surface area contributed by atoms with Gasteiger partial charge in [-0.15, -0.1) is 0 Å². The highest BCUT2D eigenvalue weighted by molar-refractivity contribution is 5.95. The Hall–Kier alpha value is -4.92. The molecule has 0 saturated carbocycles. The lowest BCUT2D eigenvalue weighted by Crippen LogP contribution is -2.20. The van der Waals surface area contributed by atoms with Crippen LogP contribution in [-0.2, 0) is 19.1 Å². The number of aryl methyl sites for hydroxylation is 1. The minimum atomic E-state index is -0.680. The molecule has 0 radical (unpaired) electrons. The molecule has 9 heteroatoms. The molecule has 0 atom stereocenters. The summed E-state index contributed by atoms with van der Waals surface area (Å²) in [6.45, 7) is 2.80. The maximum absolute atomic E-state index is 12.3. The maximum Gasteiger partial charge on any atom is 0.331 e. The van der Waals surface area contributed by atoms with Crippen molar-refractivity contribution in [3.8, 4) is 17.1 Å². The summed E-state index contributed by atoms with van der Waals surface area (Å²) in [4.78, 5) is 35.5. The number of rotatable bonds is 8. The van der Waals surface area contributed by atoms with Gasteiger partial charge in [0.1, 0.15) is 11.5 Å². The van der Waals surface area contributed by atoms with Crippen LogP contribution in [0, 0.1) is 6.92 Å². The van der Waals surface area contributed by atoms with Crippen LogP contribution < -0.4 is 10.6 Å². The average molecular weight is 485 g/mol. The molecule has 0 spiro atoms. The zero-order valence-corrected chi connectivity index (χ0v) is 19.7. The van der Waals surface area contributed by atoms with Gasteiger partial charge in [-0.05, 0) is 61.5 Å². The van der Waals surface area contributed by atoms with E-state index in [9.17, 15) is 14.4 Å². The van der Waals surface area contributed by atoms with Crippen LogP contribution in [0.2, 0.25) is 0 Å². The van der Waals surface area contributed by atoms with Crippen molar-refractivity contribution in [1.82, 2.24) is 9.78 Å². The van der Waals surface area contributed by atoms with Gasteiger partial charge >= 0.3 is 5.97 Å². The molecule has 0 aliphatic rings. The van der Waals surface area contributed by atoms with E-state index in [2.05, 4.69) is 15.7 Å². The van der Waals surface area contributed by atoms with Crippen LogP contribution in [0.25, 0.3) is 23.2 Å². The number of ether oxygens (including phenoxy) is 1. The molecule has 4 aromatic rings. The van der Waals surface area contributed by atoms with Crippen LogP contribution in [0.3, 0.4) is 0 Å². The number of carbonyl (C=O) groups is 3. The van der Waals surface area contributed by atoms with Crippen LogP contribution in [0.4, 0.5) is 11.4 Å². The highest BCUT2D eigenvalue weighted by Gasteiger charge is 2.14. The number of esters is 1. The third-order valence-corrected chi connectivity index (χ3v) is 4.97. The summed E-state index contributed by atoms with van der Waals surface area (Å²) in [6, 6.07) is 19.8. The molecule has 0 aliphatic heterocycles. The maximum atomic E-state index is 12.3. The van der Waals surface area contributed by atoms with E-state index in [1.54, 1.807) is 41.2 Å². The van der Waals surface area contributed by atoms with Crippen molar-refractivity contribution >= 4 is 35.2 Å². The van der Waals surface area contributed by atoms with Gasteiger partial charge in [0.05, 0.1) is 5.69 Å². The molecular formula is C27H24N4O5. The monoisotopic (exact) mass is 484 g/mol. The van der Waals surface area contributed by atoms with Crippen molar-refractivity contribution in [2.75, 3.05) is 17.2 Å². The molecule has 2 heterocycles. The lowest BCUT2D eigenvalue weighted by molar-refractivity contribution is -0.142. The van der Waals surface area contributed by atoms with Crippen molar-refractivity contribution in [1.29, 1.82) is 0 Å². The van der Waals surface area contributed by atoms with Gasteiger partial charge in [-0.3, -0.25) is 9.59 Å². The molecule has 0 aliphatic carbocycles. The standard InChI is InChI=1S/C27H24N4O5/c1-18-8-14-24(36-18)27-20(16-31(30-27)23-6-4-3-5-7-23)9-15-26(34)35-17-25(33)29-22-12-10-21(11-13-22)28-19(2)32/h3-16H,17H2,1-2H3,(H,28,32)(H,29,33). The molecule has 36 heavy (non-hydrogen) atoms. The molecular weight excluding hydrogens is 460 g/mol. The van der Waals surface area contributed by atoms with E-state index in [0.29, 0.717) is 28.4 Å². The Labute approximate surface area is 207 Å². The Morgan fingerprint density at radius 3 is 2.31 bits per heavy atom. The van der Waals surface area contributed by atoms with Crippen LogP contribution in [0.15, 0.2) is 83.4 Å². The minimum absolute atomic E-state index is 0.189. The van der Waals surface area contributed by atoms with Crippen LogP contribution in [-0.4, -0.2) is 34.2 Å². The van der Waals surface area contributed by atoms with Crippen molar-refractivity contribution in [3.05, 3.63) is 90.3 Å². The molecule has 2 aromatic heterocycles. The number of nitrogens with one attached hydrogen (secondary N) is 2. The van der Waals surface area contributed by atoms with Crippen LogP contribution in [0.5, 0.6) is 0 Å². The zero-order chi connectivity index (χ0) is 25.5. The number of para-hydroxylation sites is 1.